The van der Waals surface area contributed by atoms with Gasteiger partial charge in [0, 0.05) is 0 Å². The van der Waals surface area contributed by atoms with Gasteiger partial charge in [0.2, 0.25) is 0 Å². The average molecular weight is 272 g/mol. The van der Waals surface area contributed by atoms with E-state index in [4.69, 9.17) is 0 Å². The van der Waals surface area contributed by atoms with E-state index in [1.54, 1.807) is 0 Å². The van der Waals surface area contributed by atoms with Crippen LogP contribution >= 0.6 is 0 Å². The summed E-state index contributed by atoms with van der Waals surface area (Å²) in [6.45, 7) is 4.24. The van der Waals surface area contributed by atoms with Crippen molar-refractivity contribution in [2.24, 2.45) is 0 Å². The van der Waals surface area contributed by atoms with Crippen molar-refractivity contribution >= 4 is 16.8 Å². The number of benzene rings is 3. The van der Waals surface area contributed by atoms with Gasteiger partial charge in [0.1, 0.15) is 0 Å². The van der Waals surface area contributed by atoms with E-state index >= 15 is 0 Å². The summed E-state index contributed by atoms with van der Waals surface area (Å²) >= 11 is 0. The molecule has 0 unspecified atom stereocenters. The van der Waals surface area contributed by atoms with E-state index in [9.17, 15) is 0 Å². The molecule has 0 nitrogen and oxygen atoms in total. The van der Waals surface area contributed by atoms with Crippen LogP contribution in [0.15, 0.2) is 66.7 Å². The highest BCUT2D eigenvalue weighted by Gasteiger charge is 2.06. The highest BCUT2D eigenvalue weighted by atomic mass is 14.1. The largest absolute Gasteiger partial charge is 0.0795 e. The molecule has 0 atom stereocenters. The van der Waals surface area contributed by atoms with E-state index in [1.807, 2.05) is 0 Å². The van der Waals surface area contributed by atoms with E-state index in [0.717, 1.165) is 6.42 Å². The van der Waals surface area contributed by atoms with Crippen LogP contribution in [0.3, 0.4) is 0 Å². The number of hydrogen-bond acceptors (Lipinski definition) is 0. The fourth-order valence-electron chi connectivity index (χ4n) is 2.73. The summed E-state index contributed by atoms with van der Waals surface area (Å²) in [5.74, 6) is 0. The molecule has 0 bridgehead atoms. The molecule has 0 N–H and O–H groups in total. The Hall–Kier alpha value is -2.34. The zero-order chi connectivity index (χ0) is 14.7. The lowest BCUT2D eigenvalue weighted by atomic mass is 9.93. The molecule has 0 heterocycles. The van der Waals surface area contributed by atoms with E-state index in [-0.39, 0.29) is 0 Å². The molecule has 1 aliphatic carbocycles. The Kier molecular flexibility index (Phi) is 3.87. The first kappa shape index (κ1) is 13.6. The summed E-state index contributed by atoms with van der Waals surface area (Å²) in [5.41, 5.74) is 5.55. The first-order valence-corrected chi connectivity index (χ1v) is 7.45. The predicted molar refractivity (Wildman–Crippen MR) is 92.6 cm³/mol. The van der Waals surface area contributed by atoms with Gasteiger partial charge in [-0.25, -0.2) is 0 Å². The normalized spacial score (nSPS) is 11.9. The maximum absolute atomic E-state index is 2.23. The second-order valence-corrected chi connectivity index (χ2v) is 5.55. The minimum atomic E-state index is 1.08. The maximum Gasteiger partial charge on any atom is -0.00763 e. The Morgan fingerprint density at radius 3 is 2.05 bits per heavy atom. The minimum absolute atomic E-state index is 1.08. The molecular formula is C21H20. The molecular weight excluding hydrogens is 252 g/mol. The van der Waals surface area contributed by atoms with E-state index in [1.165, 1.54) is 33.0 Å². The van der Waals surface area contributed by atoms with Crippen molar-refractivity contribution in [3.63, 3.8) is 0 Å². The van der Waals surface area contributed by atoms with Gasteiger partial charge in [0.15, 0.2) is 0 Å². The van der Waals surface area contributed by atoms with Gasteiger partial charge in [0.05, 0.1) is 0 Å². The lowest BCUT2D eigenvalue weighted by Crippen LogP contribution is -1.91. The highest BCUT2D eigenvalue weighted by molar-refractivity contribution is 5.94. The molecule has 3 aromatic carbocycles. The van der Waals surface area contributed by atoms with Gasteiger partial charge >= 0.3 is 0 Å². The quantitative estimate of drug-likeness (QED) is 0.491. The van der Waals surface area contributed by atoms with Gasteiger partial charge in [-0.2, -0.15) is 0 Å². The topological polar surface area (TPSA) is 0 Å². The second-order valence-electron chi connectivity index (χ2n) is 5.55. The van der Waals surface area contributed by atoms with Crippen molar-refractivity contribution in [3.8, 4) is 0 Å². The molecule has 0 spiro atoms. The van der Waals surface area contributed by atoms with Gasteiger partial charge in [-0.15, -0.1) is 0 Å². The lowest BCUT2D eigenvalue weighted by molar-refractivity contribution is 1.29. The molecule has 0 aliphatic heterocycles. The van der Waals surface area contributed by atoms with Gasteiger partial charge in [-0.1, -0.05) is 72.8 Å². The number of allylic oxidation sites excluding steroid dienone is 1. The Morgan fingerprint density at radius 1 is 0.714 bits per heavy atom. The zero-order valence-electron chi connectivity index (χ0n) is 12.6. The Bertz CT molecular complexity index is 768. The summed E-state index contributed by atoms with van der Waals surface area (Å²) < 4.78 is 0. The van der Waals surface area contributed by atoms with Crippen LogP contribution < -0.4 is 0 Å². The molecule has 3 aromatic rings. The van der Waals surface area contributed by atoms with Crippen molar-refractivity contribution in [1.29, 1.82) is 0 Å². The van der Waals surface area contributed by atoms with Crippen LogP contribution in [-0.2, 0) is 6.42 Å². The minimum Gasteiger partial charge on any atom is -0.0795 e. The molecule has 0 aromatic heterocycles. The summed E-state index contributed by atoms with van der Waals surface area (Å²) in [5, 5.41) is 2.80. The molecule has 0 fully saturated rings. The third-order valence-corrected chi connectivity index (χ3v) is 4.08. The fraction of sp³-hybridized carbons (Fsp3) is 0.143. The van der Waals surface area contributed by atoms with Crippen LogP contribution in [0.5, 0.6) is 0 Å². The van der Waals surface area contributed by atoms with Crippen LogP contribution in [0.1, 0.15) is 22.3 Å². The van der Waals surface area contributed by atoms with Gasteiger partial charge in [-0.05, 0) is 53.3 Å². The predicted octanol–water partition coefficient (Wildman–Crippen LogP) is 5.71. The van der Waals surface area contributed by atoms with Crippen molar-refractivity contribution in [2.45, 2.75) is 20.3 Å². The Labute approximate surface area is 126 Å². The van der Waals surface area contributed by atoms with Gasteiger partial charge in [-0.3, -0.25) is 0 Å². The van der Waals surface area contributed by atoms with Crippen molar-refractivity contribution < 1.29 is 0 Å². The SMILES string of the molecule is C1=Cc2cccc3cccc(c23)C1.Cc1ccccc1C. The summed E-state index contributed by atoms with van der Waals surface area (Å²) in [4.78, 5) is 0. The second kappa shape index (κ2) is 5.97. The summed E-state index contributed by atoms with van der Waals surface area (Å²) in [7, 11) is 0. The van der Waals surface area contributed by atoms with Crippen LogP contribution in [0, 0.1) is 13.8 Å². The molecule has 4 rings (SSSR count). The van der Waals surface area contributed by atoms with Crippen LogP contribution in [0.2, 0.25) is 0 Å². The summed E-state index contributed by atoms with van der Waals surface area (Å²) in [6, 6.07) is 21.4. The lowest BCUT2D eigenvalue weighted by Gasteiger charge is -2.11. The number of rotatable bonds is 0. The maximum atomic E-state index is 2.23. The Balaban J connectivity index is 0.000000143. The number of aryl methyl sites for hydroxylation is 2. The average Bonchev–Trinajstić information content (AvgIpc) is 2.52. The number of hydrogen-bond donors (Lipinski definition) is 0. The third-order valence-electron chi connectivity index (χ3n) is 4.08. The molecule has 0 amide bonds. The molecule has 0 saturated carbocycles. The molecule has 1 aliphatic rings. The standard InChI is InChI=1S/C13H10.C8H10/c1-4-10-6-2-8-12-9-3-7-11(5-1)13(10)12;1-7-5-3-4-6-8(7)2/h1-8H,9H2;3-6H,1-2H3. The summed E-state index contributed by atoms with van der Waals surface area (Å²) in [6.07, 6.45) is 5.53. The van der Waals surface area contributed by atoms with Gasteiger partial charge in [0.25, 0.3) is 0 Å². The highest BCUT2D eigenvalue weighted by Crippen LogP contribution is 2.27. The van der Waals surface area contributed by atoms with E-state index < -0.39 is 0 Å². The van der Waals surface area contributed by atoms with Gasteiger partial charge < -0.3 is 0 Å². The first-order valence-electron chi connectivity index (χ1n) is 7.45. The molecule has 21 heavy (non-hydrogen) atoms. The molecule has 104 valence electrons. The van der Waals surface area contributed by atoms with E-state index in [0.29, 0.717) is 0 Å². The Morgan fingerprint density at radius 2 is 1.38 bits per heavy atom. The van der Waals surface area contributed by atoms with Crippen molar-refractivity contribution in [3.05, 3.63) is 89.0 Å². The molecule has 0 heteroatoms. The van der Waals surface area contributed by atoms with Crippen LogP contribution in [-0.4, -0.2) is 0 Å². The van der Waals surface area contributed by atoms with E-state index in [2.05, 4.69) is 86.7 Å². The van der Waals surface area contributed by atoms with Crippen molar-refractivity contribution in [2.75, 3.05) is 0 Å². The molecule has 0 saturated heterocycles. The third kappa shape index (κ3) is 2.90. The monoisotopic (exact) mass is 272 g/mol. The van der Waals surface area contributed by atoms with Crippen LogP contribution in [0.25, 0.3) is 16.8 Å². The first-order chi connectivity index (χ1) is 10.3. The molecule has 0 radical (unpaired) electrons. The smallest absolute Gasteiger partial charge is 0.00763 e. The van der Waals surface area contributed by atoms with Crippen molar-refractivity contribution in [1.82, 2.24) is 0 Å². The van der Waals surface area contributed by atoms with Crippen LogP contribution in [0.4, 0.5) is 0 Å². The zero-order valence-corrected chi connectivity index (χ0v) is 12.6. The fourth-order valence-corrected chi connectivity index (χ4v) is 2.73.